The Morgan fingerprint density at radius 1 is 1.18 bits per heavy atom. The molecule has 0 unspecified atom stereocenters. The van der Waals surface area contributed by atoms with E-state index in [-0.39, 0.29) is 11.7 Å². The Labute approximate surface area is 166 Å². The summed E-state index contributed by atoms with van der Waals surface area (Å²) in [5.41, 5.74) is 2.42. The van der Waals surface area contributed by atoms with Crippen LogP contribution < -0.4 is 10.1 Å². The molecule has 0 spiro atoms. The van der Waals surface area contributed by atoms with E-state index in [4.69, 9.17) is 4.74 Å². The molecule has 5 nitrogen and oxygen atoms in total. The molecule has 1 N–H and O–H groups in total. The summed E-state index contributed by atoms with van der Waals surface area (Å²) in [6.45, 7) is 1.40. The fourth-order valence-electron chi connectivity index (χ4n) is 3.22. The topological polar surface area (TPSA) is 54.5 Å². The van der Waals surface area contributed by atoms with Gasteiger partial charge in [0.1, 0.15) is 11.6 Å². The van der Waals surface area contributed by atoms with Gasteiger partial charge >= 0.3 is 0 Å². The first-order chi connectivity index (χ1) is 13.7. The fraction of sp³-hybridized carbons (Fsp3) is 0.238. The molecule has 2 heterocycles. The van der Waals surface area contributed by atoms with E-state index in [0.29, 0.717) is 35.2 Å². The van der Waals surface area contributed by atoms with Gasteiger partial charge in [-0.2, -0.15) is 11.8 Å². The molecular formula is C21H20FN3O2S. The average molecular weight is 397 g/mol. The van der Waals surface area contributed by atoms with E-state index in [0.717, 1.165) is 22.9 Å². The Hall–Kier alpha value is -2.80. The van der Waals surface area contributed by atoms with E-state index >= 15 is 0 Å². The predicted octanol–water partition coefficient (Wildman–Crippen LogP) is 4.32. The van der Waals surface area contributed by atoms with Gasteiger partial charge in [-0.25, -0.2) is 4.39 Å². The maximum Gasteiger partial charge on any atom is 0.257 e. The van der Waals surface area contributed by atoms with Crippen LogP contribution in [0.15, 0.2) is 48.7 Å². The van der Waals surface area contributed by atoms with Crippen molar-refractivity contribution in [2.45, 2.75) is 0 Å². The number of thioether (sulfide) groups is 1. The summed E-state index contributed by atoms with van der Waals surface area (Å²) in [4.78, 5) is 19.4. The van der Waals surface area contributed by atoms with Crippen LogP contribution in [0.4, 0.5) is 15.8 Å². The van der Waals surface area contributed by atoms with Gasteiger partial charge in [0.2, 0.25) is 0 Å². The average Bonchev–Trinajstić information content (AvgIpc) is 2.75. The van der Waals surface area contributed by atoms with E-state index in [1.165, 1.54) is 12.1 Å². The number of anilines is 2. The second-order valence-electron chi connectivity index (χ2n) is 6.47. The third kappa shape index (κ3) is 3.75. The van der Waals surface area contributed by atoms with Crippen LogP contribution in [-0.2, 0) is 0 Å². The normalized spacial score (nSPS) is 14.1. The summed E-state index contributed by atoms with van der Waals surface area (Å²) in [5.74, 6) is 2.12. The van der Waals surface area contributed by atoms with Crippen molar-refractivity contribution >= 4 is 39.9 Å². The maximum absolute atomic E-state index is 14.0. The minimum atomic E-state index is -0.369. The summed E-state index contributed by atoms with van der Waals surface area (Å²) in [6.07, 6.45) is 1.58. The number of rotatable bonds is 4. The minimum absolute atomic E-state index is 0.0880. The van der Waals surface area contributed by atoms with Gasteiger partial charge in [-0.1, -0.05) is 0 Å². The van der Waals surface area contributed by atoms with Crippen molar-refractivity contribution in [2.75, 3.05) is 37.0 Å². The SMILES string of the molecule is COc1ccc(Nc2c(C(=O)N3CCSCC3)cnc3ccc(F)cc23)cc1. The zero-order valence-electron chi connectivity index (χ0n) is 15.4. The highest BCUT2D eigenvalue weighted by molar-refractivity contribution is 7.99. The largest absolute Gasteiger partial charge is 0.497 e. The van der Waals surface area contributed by atoms with Crippen LogP contribution in [0.5, 0.6) is 5.75 Å². The molecule has 28 heavy (non-hydrogen) atoms. The third-order valence-electron chi connectivity index (χ3n) is 4.72. The number of hydrogen-bond acceptors (Lipinski definition) is 5. The van der Waals surface area contributed by atoms with E-state index in [2.05, 4.69) is 10.3 Å². The molecule has 0 saturated carbocycles. The van der Waals surface area contributed by atoms with E-state index in [1.54, 1.807) is 19.4 Å². The molecule has 4 rings (SSSR count). The number of aromatic nitrogens is 1. The number of hydrogen-bond donors (Lipinski definition) is 1. The second-order valence-corrected chi connectivity index (χ2v) is 7.69. The Bertz CT molecular complexity index is 1000. The van der Waals surface area contributed by atoms with Crippen molar-refractivity contribution in [3.8, 4) is 5.75 Å². The molecule has 0 aliphatic carbocycles. The molecule has 1 aliphatic heterocycles. The summed E-state index contributed by atoms with van der Waals surface area (Å²) in [5, 5.41) is 3.88. The molecule has 0 atom stereocenters. The predicted molar refractivity (Wildman–Crippen MR) is 111 cm³/mol. The number of nitrogens with zero attached hydrogens (tertiary/aromatic N) is 2. The van der Waals surface area contributed by atoms with E-state index in [9.17, 15) is 9.18 Å². The lowest BCUT2D eigenvalue weighted by Gasteiger charge is -2.27. The Kier molecular flexibility index (Phi) is 5.34. The highest BCUT2D eigenvalue weighted by Crippen LogP contribution is 2.31. The first-order valence-corrected chi connectivity index (χ1v) is 10.2. The van der Waals surface area contributed by atoms with Gasteiger partial charge < -0.3 is 15.0 Å². The monoisotopic (exact) mass is 397 g/mol. The summed E-state index contributed by atoms with van der Waals surface area (Å²) >= 11 is 1.84. The molecule has 1 aliphatic rings. The van der Waals surface area contributed by atoms with Crippen LogP contribution in [-0.4, -0.2) is 47.5 Å². The maximum atomic E-state index is 14.0. The van der Waals surface area contributed by atoms with Crippen LogP contribution in [0.2, 0.25) is 0 Å². The van der Waals surface area contributed by atoms with Crippen LogP contribution in [0.25, 0.3) is 10.9 Å². The number of benzene rings is 2. The first-order valence-electron chi connectivity index (χ1n) is 9.02. The summed E-state index contributed by atoms with van der Waals surface area (Å²) < 4.78 is 19.2. The van der Waals surface area contributed by atoms with Crippen molar-refractivity contribution in [3.63, 3.8) is 0 Å². The molecule has 7 heteroatoms. The highest BCUT2D eigenvalue weighted by atomic mass is 32.2. The van der Waals surface area contributed by atoms with Crippen molar-refractivity contribution in [3.05, 3.63) is 60.0 Å². The Morgan fingerprint density at radius 2 is 1.93 bits per heavy atom. The summed E-state index contributed by atoms with van der Waals surface area (Å²) in [6, 6.07) is 11.8. The number of methoxy groups -OCH3 is 1. The molecule has 0 bridgehead atoms. The molecule has 144 valence electrons. The molecular weight excluding hydrogens is 377 g/mol. The van der Waals surface area contributed by atoms with Crippen molar-refractivity contribution in [1.29, 1.82) is 0 Å². The minimum Gasteiger partial charge on any atom is -0.497 e. The number of pyridine rings is 1. The van der Waals surface area contributed by atoms with Crippen molar-refractivity contribution < 1.29 is 13.9 Å². The van der Waals surface area contributed by atoms with Crippen molar-refractivity contribution in [1.82, 2.24) is 9.88 Å². The van der Waals surface area contributed by atoms with Crippen LogP contribution in [0, 0.1) is 5.82 Å². The lowest BCUT2D eigenvalue weighted by atomic mass is 10.1. The van der Waals surface area contributed by atoms with Gasteiger partial charge in [0.25, 0.3) is 5.91 Å². The van der Waals surface area contributed by atoms with Crippen LogP contribution >= 0.6 is 11.8 Å². The Balaban J connectivity index is 1.79. The van der Waals surface area contributed by atoms with Gasteiger partial charge in [-0.3, -0.25) is 9.78 Å². The summed E-state index contributed by atoms with van der Waals surface area (Å²) in [7, 11) is 1.61. The quantitative estimate of drug-likeness (QED) is 0.711. The Morgan fingerprint density at radius 3 is 2.64 bits per heavy atom. The van der Waals surface area contributed by atoms with Crippen LogP contribution in [0.1, 0.15) is 10.4 Å². The van der Waals surface area contributed by atoms with E-state index < -0.39 is 0 Å². The van der Waals surface area contributed by atoms with Gasteiger partial charge in [0, 0.05) is 41.9 Å². The molecule has 0 radical (unpaired) electrons. The number of halogens is 1. The van der Waals surface area contributed by atoms with Crippen molar-refractivity contribution in [2.24, 2.45) is 0 Å². The number of amides is 1. The molecule has 3 aromatic rings. The zero-order valence-corrected chi connectivity index (χ0v) is 16.3. The number of ether oxygens (including phenoxy) is 1. The van der Waals surface area contributed by atoms with E-state index in [1.807, 2.05) is 40.9 Å². The molecule has 1 fully saturated rings. The van der Waals surface area contributed by atoms with Crippen LogP contribution in [0.3, 0.4) is 0 Å². The smallest absolute Gasteiger partial charge is 0.257 e. The number of fused-ring (bicyclic) bond motifs is 1. The van der Waals surface area contributed by atoms with Gasteiger partial charge in [-0.05, 0) is 42.5 Å². The first kappa shape index (κ1) is 18.6. The van der Waals surface area contributed by atoms with Gasteiger partial charge in [-0.15, -0.1) is 0 Å². The zero-order chi connectivity index (χ0) is 19.5. The number of carbonyl (C=O) groups excluding carboxylic acids is 1. The highest BCUT2D eigenvalue weighted by Gasteiger charge is 2.23. The lowest BCUT2D eigenvalue weighted by Crippen LogP contribution is -2.38. The van der Waals surface area contributed by atoms with Gasteiger partial charge in [0.15, 0.2) is 0 Å². The molecule has 1 saturated heterocycles. The number of nitrogens with one attached hydrogen (secondary N) is 1. The molecule has 1 aromatic heterocycles. The second kappa shape index (κ2) is 8.06. The lowest BCUT2D eigenvalue weighted by molar-refractivity contribution is 0.0773. The van der Waals surface area contributed by atoms with Gasteiger partial charge in [0.05, 0.1) is 23.9 Å². The molecule has 1 amide bonds. The molecule has 2 aromatic carbocycles. The fourth-order valence-corrected chi connectivity index (χ4v) is 4.12. The standard InChI is InChI=1S/C21H20FN3O2S/c1-27-16-5-3-15(4-6-16)24-20-17-12-14(22)2-7-19(17)23-13-18(20)21(26)25-8-10-28-11-9-25/h2-7,12-13H,8-11H2,1H3,(H,23,24). The number of carbonyl (C=O) groups is 1. The third-order valence-corrected chi connectivity index (χ3v) is 5.66.